The Bertz CT molecular complexity index is 830. The van der Waals surface area contributed by atoms with Gasteiger partial charge in [-0.15, -0.1) is 0 Å². The van der Waals surface area contributed by atoms with Crippen LogP contribution >= 0.6 is 7.82 Å². The first kappa shape index (κ1) is 37.0. The van der Waals surface area contributed by atoms with Crippen LogP contribution in [0.4, 0.5) is 0 Å². The first-order valence-electron chi connectivity index (χ1n) is 13.8. The zero-order valence-corrected chi connectivity index (χ0v) is 25.4. The van der Waals surface area contributed by atoms with Gasteiger partial charge in [-0.3, -0.25) is 14.2 Å². The van der Waals surface area contributed by atoms with Crippen molar-refractivity contribution in [2.75, 3.05) is 47.5 Å². The highest BCUT2D eigenvalue weighted by Crippen LogP contribution is 2.38. The monoisotopic (exact) mass is 571 g/mol. The molecule has 0 amide bonds. The van der Waals surface area contributed by atoms with Crippen molar-refractivity contribution >= 4 is 19.8 Å². The Morgan fingerprint density at radius 2 is 1.41 bits per heavy atom. The Kier molecular flexibility index (Phi) is 21.6. The smallest absolute Gasteiger partial charge is 0.306 e. The molecule has 0 aromatic heterocycles. The van der Waals surface area contributed by atoms with E-state index in [0.717, 1.165) is 38.5 Å². The quantitative estimate of drug-likeness (QED) is 0.0525. The number of phosphoric acid groups is 1. The lowest BCUT2D eigenvalue weighted by atomic mass is 10.2. The van der Waals surface area contributed by atoms with Crippen molar-refractivity contribution in [2.45, 2.75) is 77.7 Å². The molecule has 0 aliphatic carbocycles. The van der Waals surface area contributed by atoms with Crippen molar-refractivity contribution in [3.05, 3.63) is 48.6 Å². The lowest BCUT2D eigenvalue weighted by Crippen LogP contribution is -2.37. The lowest BCUT2D eigenvalue weighted by molar-refractivity contribution is -0.870. The summed E-state index contributed by atoms with van der Waals surface area (Å²) < 4.78 is 32.7. The number of carbonyl (C=O) groups is 2. The van der Waals surface area contributed by atoms with Gasteiger partial charge in [-0.1, -0.05) is 62.5 Å². The first-order chi connectivity index (χ1) is 18.5. The number of likely N-dealkylation sites (N-methyl/N-ethyl adjacent to an activating group) is 1. The van der Waals surface area contributed by atoms with E-state index in [-0.39, 0.29) is 26.1 Å². The minimum atomic E-state index is -4.59. The fraction of sp³-hybridized carbons (Fsp3) is 0.655. The van der Waals surface area contributed by atoms with Crippen LogP contribution in [0.25, 0.3) is 0 Å². The second kappa shape index (κ2) is 22.8. The van der Waals surface area contributed by atoms with Gasteiger partial charge in [0.15, 0.2) is 6.10 Å². The maximum atomic E-state index is 12.3. The number of rotatable bonds is 23. The molecule has 10 heteroatoms. The molecule has 0 bridgehead atoms. The number of ether oxygens (including phenoxy) is 2. The van der Waals surface area contributed by atoms with E-state index in [2.05, 4.69) is 55.5 Å². The SMILES string of the molecule is CC/C=C\C/C=C\C/C=C\C/C=C\CCCCC(=O)OC(COC(=O)CC)COP(=O)([O-])OCC[N+](C)(C)C. The molecule has 224 valence electrons. The molecule has 0 saturated heterocycles. The fourth-order valence-corrected chi connectivity index (χ4v) is 3.64. The van der Waals surface area contributed by atoms with Gasteiger partial charge in [0.1, 0.15) is 19.8 Å². The van der Waals surface area contributed by atoms with E-state index in [0.29, 0.717) is 17.4 Å². The second-order valence-corrected chi connectivity index (χ2v) is 11.4. The molecule has 0 fully saturated rings. The molecule has 0 rings (SSSR count). The van der Waals surface area contributed by atoms with Crippen LogP contribution in [-0.2, 0) is 32.7 Å². The van der Waals surface area contributed by atoms with Crippen LogP contribution in [-0.4, -0.2) is 70.0 Å². The maximum Gasteiger partial charge on any atom is 0.306 e. The van der Waals surface area contributed by atoms with E-state index >= 15 is 0 Å². The van der Waals surface area contributed by atoms with Crippen molar-refractivity contribution < 1.29 is 42.1 Å². The number of hydrogen-bond acceptors (Lipinski definition) is 8. The molecular formula is C29H50NO8P. The van der Waals surface area contributed by atoms with Gasteiger partial charge in [-0.25, -0.2) is 0 Å². The number of quaternary nitrogens is 1. The number of carbonyl (C=O) groups excluding carboxylic acids is 2. The summed E-state index contributed by atoms with van der Waals surface area (Å²) in [5, 5.41) is 0. The van der Waals surface area contributed by atoms with E-state index in [1.165, 1.54) is 0 Å². The van der Waals surface area contributed by atoms with E-state index in [1.54, 1.807) is 6.92 Å². The first-order valence-corrected chi connectivity index (χ1v) is 15.3. The topological polar surface area (TPSA) is 111 Å². The third-order valence-electron chi connectivity index (χ3n) is 5.17. The van der Waals surface area contributed by atoms with Gasteiger partial charge in [0.05, 0.1) is 27.7 Å². The molecule has 0 aliphatic heterocycles. The van der Waals surface area contributed by atoms with E-state index in [4.69, 9.17) is 18.5 Å². The van der Waals surface area contributed by atoms with Crippen molar-refractivity contribution in [2.24, 2.45) is 0 Å². The molecule has 39 heavy (non-hydrogen) atoms. The molecule has 0 N–H and O–H groups in total. The molecule has 2 unspecified atom stereocenters. The van der Waals surface area contributed by atoms with Gasteiger partial charge < -0.3 is 27.9 Å². The fourth-order valence-electron chi connectivity index (χ4n) is 2.92. The summed E-state index contributed by atoms with van der Waals surface area (Å²) in [6.45, 7) is 3.39. The molecule has 0 saturated carbocycles. The van der Waals surface area contributed by atoms with Gasteiger partial charge in [0.25, 0.3) is 7.82 Å². The molecule has 0 heterocycles. The normalized spacial score (nSPS) is 14.9. The van der Waals surface area contributed by atoms with Crippen molar-refractivity contribution in [1.29, 1.82) is 0 Å². The Morgan fingerprint density at radius 3 is 1.97 bits per heavy atom. The number of allylic oxidation sites excluding steroid dienone is 8. The highest BCUT2D eigenvalue weighted by atomic mass is 31.2. The number of hydrogen-bond donors (Lipinski definition) is 0. The third kappa shape index (κ3) is 26.0. The predicted octanol–water partition coefficient (Wildman–Crippen LogP) is 5.42. The Balaban J connectivity index is 4.32. The molecule has 0 spiro atoms. The van der Waals surface area contributed by atoms with Gasteiger partial charge >= 0.3 is 11.9 Å². The summed E-state index contributed by atoms with van der Waals surface area (Å²) >= 11 is 0. The van der Waals surface area contributed by atoms with E-state index in [1.807, 2.05) is 21.1 Å². The minimum absolute atomic E-state index is 0.0428. The number of phosphoric ester groups is 1. The predicted molar refractivity (Wildman–Crippen MR) is 153 cm³/mol. The van der Waals surface area contributed by atoms with Crippen molar-refractivity contribution in [1.82, 2.24) is 0 Å². The highest BCUT2D eigenvalue weighted by molar-refractivity contribution is 7.45. The maximum absolute atomic E-state index is 12.3. The zero-order valence-electron chi connectivity index (χ0n) is 24.5. The van der Waals surface area contributed by atoms with E-state index < -0.39 is 32.5 Å². The number of unbranched alkanes of at least 4 members (excludes halogenated alkanes) is 2. The van der Waals surface area contributed by atoms with Crippen LogP contribution in [0.15, 0.2) is 48.6 Å². The van der Waals surface area contributed by atoms with Crippen LogP contribution in [0.3, 0.4) is 0 Å². The van der Waals surface area contributed by atoms with Crippen molar-refractivity contribution in [3.63, 3.8) is 0 Å². The Morgan fingerprint density at radius 1 is 0.821 bits per heavy atom. The van der Waals surface area contributed by atoms with Crippen LogP contribution in [0, 0.1) is 0 Å². The van der Waals surface area contributed by atoms with Gasteiger partial charge in [0, 0.05) is 12.8 Å². The average molecular weight is 572 g/mol. The van der Waals surface area contributed by atoms with E-state index in [9.17, 15) is 19.0 Å². The van der Waals surface area contributed by atoms with Gasteiger partial charge in [-0.05, 0) is 44.9 Å². The Labute approximate surface area is 235 Å². The summed E-state index contributed by atoms with van der Waals surface area (Å²) in [6.07, 6.45) is 22.5. The molecular weight excluding hydrogens is 521 g/mol. The summed E-state index contributed by atoms with van der Waals surface area (Å²) in [6, 6.07) is 0. The van der Waals surface area contributed by atoms with Crippen LogP contribution < -0.4 is 4.89 Å². The van der Waals surface area contributed by atoms with Crippen LogP contribution in [0.2, 0.25) is 0 Å². The largest absolute Gasteiger partial charge is 0.756 e. The summed E-state index contributed by atoms with van der Waals surface area (Å²) in [5.74, 6) is -0.994. The zero-order chi connectivity index (χ0) is 29.4. The summed E-state index contributed by atoms with van der Waals surface area (Å²) in [5.41, 5.74) is 0. The molecule has 0 aromatic rings. The molecule has 2 atom stereocenters. The third-order valence-corrected chi connectivity index (χ3v) is 6.13. The average Bonchev–Trinajstić information content (AvgIpc) is 2.86. The minimum Gasteiger partial charge on any atom is -0.756 e. The molecule has 0 radical (unpaired) electrons. The molecule has 0 aromatic carbocycles. The second-order valence-electron chi connectivity index (χ2n) is 9.99. The summed E-state index contributed by atoms with van der Waals surface area (Å²) in [7, 11) is 1.12. The van der Waals surface area contributed by atoms with Gasteiger partial charge in [0.2, 0.25) is 0 Å². The number of esters is 2. The summed E-state index contributed by atoms with van der Waals surface area (Å²) in [4.78, 5) is 35.8. The number of nitrogens with zero attached hydrogens (tertiary/aromatic N) is 1. The molecule has 0 aliphatic rings. The molecule has 9 nitrogen and oxygen atoms in total. The highest BCUT2D eigenvalue weighted by Gasteiger charge is 2.21. The van der Waals surface area contributed by atoms with Gasteiger partial charge in [-0.2, -0.15) is 0 Å². The Hall–Kier alpha value is -2.03. The van der Waals surface area contributed by atoms with Crippen molar-refractivity contribution in [3.8, 4) is 0 Å². The lowest BCUT2D eigenvalue weighted by Gasteiger charge is -2.28. The van der Waals surface area contributed by atoms with Crippen LogP contribution in [0.1, 0.15) is 71.6 Å². The van der Waals surface area contributed by atoms with Crippen LogP contribution in [0.5, 0.6) is 0 Å². The standard InChI is InChI=1S/C29H50NO8P/c1-6-8-9-10-11-12-13-14-15-16-17-18-19-20-21-22-29(32)38-27(25-35-28(31)7-2)26-37-39(33,34)36-24-23-30(3,4)5/h8-9,11-12,14-15,17-18,27H,6-7,10,13,16,19-26H2,1-5H3/b9-8-,12-11-,15-14-,18-17-.